The zero-order valence-electron chi connectivity index (χ0n) is 10.3. The van der Waals surface area contributed by atoms with E-state index in [4.69, 9.17) is 4.74 Å². The number of nitrogens with zero attached hydrogens (tertiary/aromatic N) is 1. The number of thiophene rings is 1. The van der Waals surface area contributed by atoms with Crippen molar-refractivity contribution in [3.8, 4) is 0 Å². The van der Waals surface area contributed by atoms with E-state index in [1.54, 1.807) is 19.2 Å². The Balaban J connectivity index is 2.25. The highest BCUT2D eigenvalue weighted by Crippen LogP contribution is 2.32. The molecule has 4 nitrogen and oxygen atoms in total. The molecule has 0 N–H and O–H groups in total. The first-order valence-electron chi connectivity index (χ1n) is 5.68. The van der Waals surface area contributed by atoms with E-state index in [1.807, 2.05) is 6.92 Å². The van der Waals surface area contributed by atoms with Gasteiger partial charge in [0.2, 0.25) is 0 Å². The predicted octanol–water partition coefficient (Wildman–Crippen LogP) is 2.70. The summed E-state index contributed by atoms with van der Waals surface area (Å²) in [5, 5.41) is 0. The molecule has 1 aliphatic rings. The lowest BCUT2D eigenvalue weighted by Gasteiger charge is -2.38. The van der Waals surface area contributed by atoms with Crippen LogP contribution in [0.25, 0.3) is 0 Å². The van der Waals surface area contributed by atoms with Gasteiger partial charge in [-0.25, -0.2) is 8.42 Å². The molecule has 2 heterocycles. The van der Waals surface area contributed by atoms with Gasteiger partial charge < -0.3 is 4.74 Å². The third kappa shape index (κ3) is 2.80. The van der Waals surface area contributed by atoms with Crippen LogP contribution in [0, 0.1) is 0 Å². The molecule has 1 aromatic rings. The molecule has 0 amide bonds. The highest BCUT2D eigenvalue weighted by atomic mass is 79.9. The fourth-order valence-electron chi connectivity index (χ4n) is 2.10. The Labute approximate surface area is 120 Å². The Morgan fingerprint density at radius 1 is 1.50 bits per heavy atom. The first kappa shape index (κ1) is 14.5. The summed E-state index contributed by atoms with van der Waals surface area (Å²) in [5.41, 5.74) is -0.375. The maximum absolute atomic E-state index is 12.5. The van der Waals surface area contributed by atoms with Crippen LogP contribution in [0.1, 0.15) is 19.8 Å². The number of sulfonamides is 1. The number of ether oxygens (including phenoxy) is 1. The standard InChI is InChI=1S/C11H16BrNO3S2/c1-11(16-2)6-3-7-13(8-11)18(14,15)10-5-4-9(12)17-10/h4-5H,3,6-8H2,1-2H3. The van der Waals surface area contributed by atoms with E-state index < -0.39 is 10.0 Å². The van der Waals surface area contributed by atoms with Crippen molar-refractivity contribution < 1.29 is 13.2 Å². The highest BCUT2D eigenvalue weighted by molar-refractivity contribution is 9.11. The topological polar surface area (TPSA) is 46.6 Å². The van der Waals surface area contributed by atoms with Crippen LogP contribution in [-0.2, 0) is 14.8 Å². The molecule has 1 aromatic heterocycles. The van der Waals surface area contributed by atoms with Crippen molar-refractivity contribution in [3.63, 3.8) is 0 Å². The van der Waals surface area contributed by atoms with Gasteiger partial charge in [0.05, 0.1) is 9.39 Å². The van der Waals surface area contributed by atoms with Gasteiger partial charge in [-0.3, -0.25) is 0 Å². The number of hydrogen-bond donors (Lipinski definition) is 0. The van der Waals surface area contributed by atoms with Crippen molar-refractivity contribution in [3.05, 3.63) is 15.9 Å². The number of rotatable bonds is 3. The average molecular weight is 354 g/mol. The van der Waals surface area contributed by atoms with Gasteiger partial charge in [0.15, 0.2) is 0 Å². The summed E-state index contributed by atoms with van der Waals surface area (Å²) >= 11 is 4.54. The van der Waals surface area contributed by atoms with Crippen molar-refractivity contribution >= 4 is 37.3 Å². The molecule has 0 spiro atoms. The molecule has 102 valence electrons. The van der Waals surface area contributed by atoms with Crippen LogP contribution in [0.3, 0.4) is 0 Å². The lowest BCUT2D eigenvalue weighted by atomic mass is 9.96. The minimum absolute atomic E-state index is 0.375. The van der Waals surface area contributed by atoms with E-state index in [0.29, 0.717) is 17.3 Å². The van der Waals surface area contributed by atoms with Gasteiger partial charge in [-0.15, -0.1) is 11.3 Å². The zero-order chi connectivity index (χ0) is 13.4. The quantitative estimate of drug-likeness (QED) is 0.839. The number of methoxy groups -OCH3 is 1. The van der Waals surface area contributed by atoms with E-state index >= 15 is 0 Å². The highest BCUT2D eigenvalue weighted by Gasteiger charge is 2.37. The molecule has 7 heteroatoms. The molecule has 0 aromatic carbocycles. The second-order valence-corrected chi connectivity index (χ2v) is 9.28. The maximum atomic E-state index is 12.5. The third-order valence-corrected chi connectivity index (χ3v) is 7.20. The lowest BCUT2D eigenvalue weighted by Crippen LogP contribution is -2.49. The van der Waals surface area contributed by atoms with Crippen LogP contribution < -0.4 is 0 Å². The predicted molar refractivity (Wildman–Crippen MR) is 75.4 cm³/mol. The molecule has 0 bridgehead atoms. The largest absolute Gasteiger partial charge is 0.377 e. The van der Waals surface area contributed by atoms with Gasteiger partial charge in [0.25, 0.3) is 10.0 Å². The molecule has 18 heavy (non-hydrogen) atoms. The van der Waals surface area contributed by atoms with Gasteiger partial charge in [0.1, 0.15) is 4.21 Å². The summed E-state index contributed by atoms with van der Waals surface area (Å²) < 4.78 is 33.1. The van der Waals surface area contributed by atoms with Gasteiger partial charge in [0, 0.05) is 20.2 Å². The third-order valence-electron chi connectivity index (χ3n) is 3.26. The summed E-state index contributed by atoms with van der Waals surface area (Å²) in [7, 11) is -1.74. The Morgan fingerprint density at radius 3 is 2.78 bits per heavy atom. The minimum Gasteiger partial charge on any atom is -0.377 e. The van der Waals surface area contributed by atoms with Crippen molar-refractivity contribution in [1.82, 2.24) is 4.31 Å². The molecule has 2 rings (SSSR count). The van der Waals surface area contributed by atoms with E-state index in [1.165, 1.54) is 15.6 Å². The number of piperidine rings is 1. The van der Waals surface area contributed by atoms with Crippen LogP contribution in [0.5, 0.6) is 0 Å². The van der Waals surface area contributed by atoms with Gasteiger partial charge >= 0.3 is 0 Å². The molecule has 0 saturated carbocycles. The summed E-state index contributed by atoms with van der Waals surface area (Å²) in [5.74, 6) is 0. The second kappa shape index (κ2) is 5.20. The molecule has 1 saturated heterocycles. The summed E-state index contributed by atoms with van der Waals surface area (Å²) in [6, 6.07) is 3.40. The van der Waals surface area contributed by atoms with Crippen LogP contribution in [0.2, 0.25) is 0 Å². The number of hydrogen-bond acceptors (Lipinski definition) is 4. The van der Waals surface area contributed by atoms with Gasteiger partial charge in [-0.2, -0.15) is 4.31 Å². The van der Waals surface area contributed by atoms with E-state index in [9.17, 15) is 8.42 Å². The van der Waals surface area contributed by atoms with Gasteiger partial charge in [-0.05, 0) is 47.8 Å². The Bertz CT molecular complexity index is 528. The first-order valence-corrected chi connectivity index (χ1v) is 8.73. The fourth-order valence-corrected chi connectivity index (χ4v) is 5.85. The molecule has 1 atom stereocenters. The van der Waals surface area contributed by atoms with Crippen LogP contribution in [-0.4, -0.2) is 38.5 Å². The monoisotopic (exact) mass is 353 g/mol. The van der Waals surface area contributed by atoms with Crippen LogP contribution >= 0.6 is 27.3 Å². The Morgan fingerprint density at radius 2 is 2.22 bits per heavy atom. The lowest BCUT2D eigenvalue weighted by molar-refractivity contribution is -0.0319. The molecule has 0 aliphatic carbocycles. The Kier molecular flexibility index (Phi) is 4.18. The fraction of sp³-hybridized carbons (Fsp3) is 0.636. The SMILES string of the molecule is COC1(C)CCCN(S(=O)(=O)c2ccc(Br)s2)C1. The van der Waals surface area contributed by atoms with Crippen molar-refractivity contribution in [1.29, 1.82) is 0 Å². The van der Waals surface area contributed by atoms with Gasteiger partial charge in [-0.1, -0.05) is 0 Å². The molecule has 1 unspecified atom stereocenters. The van der Waals surface area contributed by atoms with Crippen molar-refractivity contribution in [2.45, 2.75) is 29.6 Å². The first-order chi connectivity index (χ1) is 8.37. The molecule has 0 radical (unpaired) electrons. The second-order valence-electron chi connectivity index (χ2n) is 4.65. The zero-order valence-corrected chi connectivity index (χ0v) is 13.6. The molecular formula is C11H16BrNO3S2. The average Bonchev–Trinajstić information content (AvgIpc) is 2.77. The Hall–Kier alpha value is 0.0500. The van der Waals surface area contributed by atoms with E-state index in [-0.39, 0.29) is 5.60 Å². The summed E-state index contributed by atoms with van der Waals surface area (Å²) in [6.45, 7) is 2.94. The van der Waals surface area contributed by atoms with Crippen molar-refractivity contribution in [2.75, 3.05) is 20.2 Å². The molecule has 1 aliphatic heterocycles. The minimum atomic E-state index is -3.38. The smallest absolute Gasteiger partial charge is 0.252 e. The molecule has 1 fully saturated rings. The van der Waals surface area contributed by atoms with E-state index in [0.717, 1.165) is 16.6 Å². The van der Waals surface area contributed by atoms with E-state index in [2.05, 4.69) is 15.9 Å². The van der Waals surface area contributed by atoms with Crippen LogP contribution in [0.4, 0.5) is 0 Å². The summed E-state index contributed by atoms with van der Waals surface area (Å²) in [6.07, 6.45) is 1.72. The van der Waals surface area contributed by atoms with Crippen molar-refractivity contribution in [2.24, 2.45) is 0 Å². The number of halogens is 1. The van der Waals surface area contributed by atoms with Crippen LogP contribution in [0.15, 0.2) is 20.1 Å². The normalized spacial score (nSPS) is 26.4. The maximum Gasteiger partial charge on any atom is 0.252 e. The molecular weight excluding hydrogens is 338 g/mol. The summed E-state index contributed by atoms with van der Waals surface area (Å²) in [4.78, 5) is 0.